The van der Waals surface area contributed by atoms with E-state index < -0.39 is 5.60 Å². The molecular formula is C26H36N2O. The smallest absolute Gasteiger partial charge is 0.118 e. The second-order valence-corrected chi connectivity index (χ2v) is 8.14. The number of benzene rings is 2. The van der Waals surface area contributed by atoms with Crippen LogP contribution >= 0.6 is 0 Å². The fraction of sp³-hybridized carbons (Fsp3) is 0.462. The van der Waals surface area contributed by atoms with Crippen LogP contribution in [0.1, 0.15) is 35.6 Å². The maximum atomic E-state index is 6.79. The standard InChI is InChI=1S/C26H36N2O/c1-5-14-27-15-17-28(18-16-27)19-20-29-26(6-2,24-10-8-7-9-11-24)25-21-22(3)12-13-23(25)4/h5,7-13,21H,1,6,14-20H2,2-4H3. The van der Waals surface area contributed by atoms with Gasteiger partial charge in [0.25, 0.3) is 0 Å². The van der Waals surface area contributed by atoms with Gasteiger partial charge in [-0.2, -0.15) is 0 Å². The third kappa shape index (κ3) is 5.16. The minimum atomic E-state index is -0.401. The summed E-state index contributed by atoms with van der Waals surface area (Å²) in [6.45, 7) is 17.6. The molecule has 3 nitrogen and oxygen atoms in total. The first-order chi connectivity index (χ1) is 14.1. The van der Waals surface area contributed by atoms with Gasteiger partial charge in [0.1, 0.15) is 5.60 Å². The molecular weight excluding hydrogens is 356 g/mol. The molecule has 3 rings (SSSR count). The molecule has 2 aromatic carbocycles. The largest absolute Gasteiger partial charge is 0.364 e. The molecule has 0 aromatic heterocycles. The van der Waals surface area contributed by atoms with Crippen LogP contribution in [0.5, 0.6) is 0 Å². The van der Waals surface area contributed by atoms with E-state index in [4.69, 9.17) is 4.74 Å². The molecule has 1 fully saturated rings. The van der Waals surface area contributed by atoms with Crippen molar-refractivity contribution in [2.24, 2.45) is 0 Å². The topological polar surface area (TPSA) is 15.7 Å². The monoisotopic (exact) mass is 392 g/mol. The highest BCUT2D eigenvalue weighted by Gasteiger charge is 2.35. The van der Waals surface area contributed by atoms with Gasteiger partial charge in [0.2, 0.25) is 0 Å². The highest BCUT2D eigenvalue weighted by atomic mass is 16.5. The van der Waals surface area contributed by atoms with Crippen LogP contribution in [0.2, 0.25) is 0 Å². The minimum Gasteiger partial charge on any atom is -0.364 e. The molecule has 0 radical (unpaired) electrons. The molecule has 1 heterocycles. The van der Waals surface area contributed by atoms with Crippen LogP contribution in [-0.2, 0) is 10.3 Å². The molecule has 3 heteroatoms. The Balaban J connectivity index is 1.76. The lowest BCUT2D eigenvalue weighted by molar-refractivity contribution is -0.0342. The number of nitrogens with zero attached hydrogens (tertiary/aromatic N) is 2. The van der Waals surface area contributed by atoms with E-state index in [0.29, 0.717) is 0 Å². The van der Waals surface area contributed by atoms with Crippen molar-refractivity contribution in [3.8, 4) is 0 Å². The maximum absolute atomic E-state index is 6.79. The molecule has 0 amide bonds. The molecule has 1 aliphatic heterocycles. The molecule has 0 bridgehead atoms. The second-order valence-electron chi connectivity index (χ2n) is 8.14. The first kappa shape index (κ1) is 21.8. The van der Waals surface area contributed by atoms with Crippen molar-refractivity contribution >= 4 is 0 Å². The Labute approximate surface area is 177 Å². The first-order valence-electron chi connectivity index (χ1n) is 10.9. The third-order valence-electron chi connectivity index (χ3n) is 6.17. The van der Waals surface area contributed by atoms with Gasteiger partial charge in [-0.25, -0.2) is 0 Å². The summed E-state index contributed by atoms with van der Waals surface area (Å²) in [5.74, 6) is 0. The van der Waals surface area contributed by atoms with E-state index in [1.54, 1.807) is 0 Å². The first-order valence-corrected chi connectivity index (χ1v) is 10.9. The zero-order valence-corrected chi connectivity index (χ0v) is 18.4. The van der Waals surface area contributed by atoms with Gasteiger partial charge in [0.15, 0.2) is 0 Å². The normalized spacial score (nSPS) is 17.8. The molecule has 29 heavy (non-hydrogen) atoms. The molecule has 0 saturated carbocycles. The number of rotatable bonds is 9. The number of aryl methyl sites for hydroxylation is 2. The van der Waals surface area contributed by atoms with Gasteiger partial charge in [0, 0.05) is 39.3 Å². The van der Waals surface area contributed by atoms with E-state index >= 15 is 0 Å². The van der Waals surface area contributed by atoms with Crippen molar-refractivity contribution in [3.63, 3.8) is 0 Å². The molecule has 1 saturated heterocycles. The Bertz CT molecular complexity index is 781. The van der Waals surface area contributed by atoms with Crippen molar-refractivity contribution in [2.45, 2.75) is 32.8 Å². The molecule has 1 aliphatic rings. The zero-order valence-electron chi connectivity index (χ0n) is 18.4. The van der Waals surface area contributed by atoms with Crippen LogP contribution in [0.25, 0.3) is 0 Å². The van der Waals surface area contributed by atoms with Gasteiger partial charge >= 0.3 is 0 Å². The second kappa shape index (κ2) is 10.2. The van der Waals surface area contributed by atoms with Gasteiger partial charge < -0.3 is 4.74 Å². The molecule has 0 spiro atoms. The van der Waals surface area contributed by atoms with Crippen LogP contribution < -0.4 is 0 Å². The Morgan fingerprint density at radius 1 is 1.00 bits per heavy atom. The summed E-state index contributed by atoms with van der Waals surface area (Å²) in [5.41, 5.74) is 4.71. The fourth-order valence-electron chi connectivity index (χ4n) is 4.42. The highest BCUT2D eigenvalue weighted by Crippen LogP contribution is 2.39. The third-order valence-corrected chi connectivity index (χ3v) is 6.17. The summed E-state index contributed by atoms with van der Waals surface area (Å²) in [5, 5.41) is 0. The van der Waals surface area contributed by atoms with E-state index in [2.05, 4.69) is 85.7 Å². The van der Waals surface area contributed by atoms with Crippen molar-refractivity contribution in [2.75, 3.05) is 45.9 Å². The molecule has 0 aliphatic carbocycles. The summed E-state index contributed by atoms with van der Waals surface area (Å²) >= 11 is 0. The Morgan fingerprint density at radius 2 is 1.69 bits per heavy atom. The lowest BCUT2D eigenvalue weighted by atomic mass is 9.81. The van der Waals surface area contributed by atoms with Gasteiger partial charge in [-0.1, -0.05) is 67.1 Å². The summed E-state index contributed by atoms with van der Waals surface area (Å²) in [4.78, 5) is 4.98. The molecule has 156 valence electrons. The predicted octanol–water partition coefficient (Wildman–Crippen LogP) is 4.78. The summed E-state index contributed by atoms with van der Waals surface area (Å²) in [6, 6.07) is 17.4. The van der Waals surface area contributed by atoms with Gasteiger partial charge in [-0.3, -0.25) is 9.80 Å². The Morgan fingerprint density at radius 3 is 2.34 bits per heavy atom. The van der Waals surface area contributed by atoms with E-state index in [0.717, 1.165) is 52.3 Å². The van der Waals surface area contributed by atoms with Crippen molar-refractivity contribution in [1.82, 2.24) is 9.80 Å². The van der Waals surface area contributed by atoms with Crippen LogP contribution in [0.3, 0.4) is 0 Å². The lowest BCUT2D eigenvalue weighted by Gasteiger charge is -2.38. The molecule has 2 aromatic rings. The van der Waals surface area contributed by atoms with Crippen LogP contribution in [0.4, 0.5) is 0 Å². The minimum absolute atomic E-state index is 0.401. The summed E-state index contributed by atoms with van der Waals surface area (Å²) < 4.78 is 6.79. The maximum Gasteiger partial charge on any atom is 0.118 e. The fourth-order valence-corrected chi connectivity index (χ4v) is 4.42. The Kier molecular flexibility index (Phi) is 7.65. The molecule has 1 unspecified atom stereocenters. The van der Waals surface area contributed by atoms with E-state index in [1.807, 2.05) is 6.08 Å². The van der Waals surface area contributed by atoms with E-state index in [9.17, 15) is 0 Å². The van der Waals surface area contributed by atoms with Gasteiger partial charge in [0.05, 0.1) is 6.61 Å². The zero-order chi connectivity index (χ0) is 20.7. The number of piperazine rings is 1. The molecule has 0 N–H and O–H groups in total. The van der Waals surface area contributed by atoms with E-state index in [1.165, 1.54) is 22.3 Å². The van der Waals surface area contributed by atoms with Crippen molar-refractivity contribution in [1.29, 1.82) is 0 Å². The SMILES string of the molecule is C=CCN1CCN(CCOC(CC)(c2ccccc2)c2cc(C)ccc2C)CC1. The van der Waals surface area contributed by atoms with Gasteiger partial charge in [-0.05, 0) is 37.0 Å². The highest BCUT2D eigenvalue weighted by molar-refractivity contribution is 5.42. The predicted molar refractivity (Wildman–Crippen MR) is 122 cm³/mol. The number of hydrogen-bond donors (Lipinski definition) is 0. The average Bonchev–Trinajstić information content (AvgIpc) is 2.75. The number of hydrogen-bond acceptors (Lipinski definition) is 3. The summed E-state index contributed by atoms with van der Waals surface area (Å²) in [7, 11) is 0. The van der Waals surface area contributed by atoms with Gasteiger partial charge in [-0.15, -0.1) is 6.58 Å². The van der Waals surface area contributed by atoms with Crippen LogP contribution in [-0.4, -0.2) is 55.7 Å². The lowest BCUT2D eigenvalue weighted by Crippen LogP contribution is -2.47. The van der Waals surface area contributed by atoms with Crippen molar-refractivity contribution in [3.05, 3.63) is 83.4 Å². The van der Waals surface area contributed by atoms with Crippen LogP contribution in [0.15, 0.2) is 61.2 Å². The average molecular weight is 393 g/mol. The van der Waals surface area contributed by atoms with Crippen molar-refractivity contribution < 1.29 is 4.74 Å². The summed E-state index contributed by atoms with van der Waals surface area (Å²) in [6.07, 6.45) is 2.91. The number of ether oxygens (including phenoxy) is 1. The quantitative estimate of drug-likeness (QED) is 0.571. The Hall–Kier alpha value is -1.94. The molecule has 1 atom stereocenters. The van der Waals surface area contributed by atoms with Crippen LogP contribution in [0, 0.1) is 13.8 Å². The van der Waals surface area contributed by atoms with E-state index in [-0.39, 0.29) is 0 Å².